The first kappa shape index (κ1) is 34.5. The summed E-state index contributed by atoms with van der Waals surface area (Å²) in [5.74, 6) is -0.148. The van der Waals surface area contributed by atoms with Crippen LogP contribution in [0.25, 0.3) is 17.3 Å². The van der Waals surface area contributed by atoms with E-state index in [4.69, 9.17) is 32.7 Å². The second-order valence-corrected chi connectivity index (χ2v) is 12.7. The van der Waals surface area contributed by atoms with Gasteiger partial charge in [0.05, 0.1) is 30.7 Å². The maximum Gasteiger partial charge on any atom is 0.272 e. The molecule has 0 saturated carbocycles. The summed E-state index contributed by atoms with van der Waals surface area (Å²) in [6, 6.07) is 25.9. The average Bonchev–Trinajstić information content (AvgIpc) is 3.55. The first-order valence-corrected chi connectivity index (χ1v) is 16.9. The molecule has 0 radical (unpaired) electrons. The number of thiazole rings is 1. The number of hydrogen-bond donors (Lipinski definition) is 3. The first-order chi connectivity index (χ1) is 23.2. The Morgan fingerprint density at radius 2 is 1.67 bits per heavy atom. The van der Waals surface area contributed by atoms with Crippen LogP contribution in [-0.4, -0.2) is 42.7 Å². The highest BCUT2D eigenvalue weighted by Gasteiger charge is 2.17. The number of hydrogen-bond acceptors (Lipinski definition) is 8. The number of benzene rings is 4. The third kappa shape index (κ3) is 9.17. The van der Waals surface area contributed by atoms with E-state index in [1.165, 1.54) is 37.3 Å². The lowest BCUT2D eigenvalue weighted by Gasteiger charge is -2.13. The summed E-state index contributed by atoms with van der Waals surface area (Å²) in [6.45, 7) is 0. The van der Waals surface area contributed by atoms with E-state index in [2.05, 4.69) is 20.9 Å². The summed E-state index contributed by atoms with van der Waals surface area (Å²) in [4.78, 5) is 44.5. The summed E-state index contributed by atoms with van der Waals surface area (Å²) in [6.07, 6.45) is 1.55. The van der Waals surface area contributed by atoms with Crippen LogP contribution >= 0.6 is 46.3 Å². The molecule has 0 fully saturated rings. The van der Waals surface area contributed by atoms with Crippen LogP contribution in [-0.2, 0) is 9.59 Å². The smallest absolute Gasteiger partial charge is 0.272 e. The molecule has 244 valence electrons. The van der Waals surface area contributed by atoms with E-state index in [1.54, 1.807) is 96.4 Å². The van der Waals surface area contributed by atoms with E-state index in [9.17, 15) is 14.4 Å². The largest absolute Gasteiger partial charge is 0.493 e. The normalized spacial score (nSPS) is 11.0. The fourth-order valence-electron chi connectivity index (χ4n) is 4.37. The molecule has 1 aromatic heterocycles. The monoisotopic (exact) mass is 718 g/mol. The van der Waals surface area contributed by atoms with Crippen molar-refractivity contribution in [2.75, 3.05) is 30.6 Å². The average molecular weight is 720 g/mol. The van der Waals surface area contributed by atoms with Crippen LogP contribution in [0.4, 0.5) is 10.8 Å². The molecule has 1 heterocycles. The van der Waals surface area contributed by atoms with Gasteiger partial charge in [-0.1, -0.05) is 53.5 Å². The van der Waals surface area contributed by atoms with Gasteiger partial charge >= 0.3 is 0 Å². The van der Waals surface area contributed by atoms with E-state index < -0.39 is 11.8 Å². The topological polar surface area (TPSA) is 119 Å². The van der Waals surface area contributed by atoms with Crippen LogP contribution < -0.4 is 25.4 Å². The van der Waals surface area contributed by atoms with Crippen molar-refractivity contribution in [2.24, 2.45) is 0 Å². The van der Waals surface area contributed by atoms with Crippen molar-refractivity contribution in [1.29, 1.82) is 0 Å². The lowest BCUT2D eigenvalue weighted by molar-refractivity contribution is -0.114. The number of carbonyl (C=O) groups is 3. The molecule has 5 rings (SSSR count). The van der Waals surface area contributed by atoms with Gasteiger partial charge in [-0.05, 0) is 72.3 Å². The van der Waals surface area contributed by atoms with Gasteiger partial charge in [-0.15, -0.1) is 23.1 Å². The zero-order chi connectivity index (χ0) is 34.0. The summed E-state index contributed by atoms with van der Waals surface area (Å²) >= 11 is 14.9. The predicted molar refractivity (Wildman–Crippen MR) is 193 cm³/mol. The molecular formula is C35H28Cl2N4O5S2. The number of methoxy groups -OCH3 is 2. The van der Waals surface area contributed by atoms with Gasteiger partial charge < -0.3 is 25.4 Å². The molecule has 0 aliphatic rings. The van der Waals surface area contributed by atoms with Crippen molar-refractivity contribution in [1.82, 2.24) is 10.3 Å². The molecule has 0 aliphatic carbocycles. The number of nitrogens with zero attached hydrogens (tertiary/aromatic N) is 1. The van der Waals surface area contributed by atoms with Gasteiger partial charge in [0.1, 0.15) is 5.70 Å². The number of carbonyl (C=O) groups excluding carboxylic acids is 3. The summed E-state index contributed by atoms with van der Waals surface area (Å²) < 4.78 is 10.7. The van der Waals surface area contributed by atoms with Crippen LogP contribution in [0.2, 0.25) is 10.0 Å². The van der Waals surface area contributed by atoms with Crippen molar-refractivity contribution in [2.45, 2.75) is 4.90 Å². The van der Waals surface area contributed by atoms with E-state index >= 15 is 0 Å². The van der Waals surface area contributed by atoms with Crippen molar-refractivity contribution < 1.29 is 23.9 Å². The fourth-order valence-corrected chi connectivity index (χ4v) is 6.36. The third-order valence-electron chi connectivity index (χ3n) is 6.67. The van der Waals surface area contributed by atoms with Crippen LogP contribution in [0.3, 0.4) is 0 Å². The Morgan fingerprint density at radius 1 is 0.875 bits per heavy atom. The number of anilines is 2. The number of amides is 3. The highest BCUT2D eigenvalue weighted by molar-refractivity contribution is 8.00. The van der Waals surface area contributed by atoms with Gasteiger partial charge in [0.25, 0.3) is 11.8 Å². The Labute approximate surface area is 295 Å². The Hall–Kier alpha value is -4.81. The first-order valence-electron chi connectivity index (χ1n) is 14.3. The summed E-state index contributed by atoms with van der Waals surface area (Å²) in [5.41, 5.74) is 2.83. The second-order valence-electron chi connectivity index (χ2n) is 9.97. The van der Waals surface area contributed by atoms with E-state index in [0.717, 1.165) is 4.90 Å². The molecule has 4 aromatic carbocycles. The number of halogens is 2. The van der Waals surface area contributed by atoms with Gasteiger partial charge in [-0.25, -0.2) is 4.98 Å². The molecule has 0 saturated heterocycles. The molecule has 0 aliphatic heterocycles. The Balaban J connectivity index is 1.26. The minimum absolute atomic E-state index is 0.0104. The third-order valence-corrected chi connectivity index (χ3v) is 8.97. The maximum atomic E-state index is 13.5. The minimum atomic E-state index is -0.547. The van der Waals surface area contributed by atoms with Crippen LogP contribution in [0.5, 0.6) is 11.5 Å². The Morgan fingerprint density at radius 3 is 2.42 bits per heavy atom. The Kier molecular flexibility index (Phi) is 11.8. The van der Waals surface area contributed by atoms with Crippen molar-refractivity contribution in [3.63, 3.8) is 0 Å². The molecule has 5 aromatic rings. The van der Waals surface area contributed by atoms with Crippen LogP contribution in [0.15, 0.2) is 107 Å². The van der Waals surface area contributed by atoms with E-state index in [-0.39, 0.29) is 17.4 Å². The molecule has 13 heteroatoms. The SMILES string of the molecule is COc1ccc(/C=C(/NC(=O)c2ccccc2)C(=O)Nc2cccc(SCC(=O)Nc3nc(-c4ccc(Cl)cc4Cl)cs3)c2)cc1OC. The molecular weight excluding hydrogens is 691 g/mol. The predicted octanol–water partition coefficient (Wildman–Crippen LogP) is 8.27. The quantitative estimate of drug-likeness (QED) is 0.0878. The molecule has 9 nitrogen and oxygen atoms in total. The second kappa shape index (κ2) is 16.3. The van der Waals surface area contributed by atoms with Crippen LogP contribution in [0, 0.1) is 0 Å². The molecule has 48 heavy (non-hydrogen) atoms. The Bertz CT molecular complexity index is 1990. The zero-order valence-corrected chi connectivity index (χ0v) is 28.7. The zero-order valence-electron chi connectivity index (χ0n) is 25.6. The number of nitrogens with one attached hydrogen (secondary N) is 3. The van der Waals surface area contributed by atoms with Gasteiger partial charge in [0, 0.05) is 32.1 Å². The van der Waals surface area contributed by atoms with Gasteiger partial charge in [-0.3, -0.25) is 14.4 Å². The summed E-state index contributed by atoms with van der Waals surface area (Å²) in [5, 5.41) is 11.6. The number of rotatable bonds is 12. The van der Waals surface area contributed by atoms with E-state index in [1.807, 2.05) is 6.07 Å². The lowest BCUT2D eigenvalue weighted by atomic mass is 10.1. The highest BCUT2D eigenvalue weighted by atomic mass is 35.5. The maximum absolute atomic E-state index is 13.5. The standard InChI is InChI=1S/C35H28Cl2N4O5S2/c1-45-30-14-11-21(16-31(30)46-2)15-28(39-33(43)22-7-4-3-5-8-22)34(44)38-24-9-6-10-25(18-24)47-20-32(42)41-35-40-29(19-48-35)26-13-12-23(36)17-27(26)37/h3-19H,20H2,1-2H3,(H,38,44)(H,39,43)(H,40,41,42)/b28-15+. The minimum Gasteiger partial charge on any atom is -0.493 e. The molecule has 0 spiro atoms. The van der Waals surface area contributed by atoms with E-state index in [0.29, 0.717) is 54.7 Å². The molecule has 3 N–H and O–H groups in total. The number of thioether (sulfide) groups is 1. The van der Waals surface area contributed by atoms with Gasteiger partial charge in [0.2, 0.25) is 5.91 Å². The number of aromatic nitrogens is 1. The van der Waals surface area contributed by atoms with Crippen molar-refractivity contribution >= 4 is 80.9 Å². The molecule has 0 bridgehead atoms. The fraction of sp³-hybridized carbons (Fsp3) is 0.0857. The lowest BCUT2D eigenvalue weighted by Crippen LogP contribution is -2.30. The molecule has 0 unspecified atom stereocenters. The van der Waals surface area contributed by atoms with Gasteiger partial charge in [0.15, 0.2) is 16.6 Å². The van der Waals surface area contributed by atoms with Gasteiger partial charge in [-0.2, -0.15) is 0 Å². The molecule has 0 atom stereocenters. The van der Waals surface area contributed by atoms with Crippen molar-refractivity contribution in [3.8, 4) is 22.8 Å². The highest BCUT2D eigenvalue weighted by Crippen LogP contribution is 2.33. The van der Waals surface area contributed by atoms with Crippen molar-refractivity contribution in [3.05, 3.63) is 123 Å². The summed E-state index contributed by atoms with van der Waals surface area (Å²) in [7, 11) is 3.04. The number of ether oxygens (including phenoxy) is 2. The van der Waals surface area contributed by atoms with Crippen LogP contribution in [0.1, 0.15) is 15.9 Å². The molecule has 3 amide bonds.